The van der Waals surface area contributed by atoms with Crippen molar-refractivity contribution in [2.75, 3.05) is 20.2 Å². The lowest BCUT2D eigenvalue weighted by Gasteiger charge is -2.43. The maximum absolute atomic E-state index is 13.2. The molecule has 0 aromatic heterocycles. The van der Waals surface area contributed by atoms with Crippen LogP contribution in [0.2, 0.25) is 0 Å². The number of hydrogen-bond donors (Lipinski definition) is 0. The SMILES string of the molecule is COc1ccc(C2N(C(=O)C(F)(F)F)CCCN2S(=O)(=O)c2ccccc2)cc1. The molecular weight excluding hydrogens is 409 g/mol. The van der Waals surface area contributed by atoms with Gasteiger partial charge in [0.1, 0.15) is 11.9 Å². The molecule has 0 radical (unpaired) electrons. The van der Waals surface area contributed by atoms with Crippen LogP contribution in [0.3, 0.4) is 0 Å². The second-order valence-corrected chi connectivity index (χ2v) is 8.32. The molecule has 2 aromatic rings. The van der Waals surface area contributed by atoms with E-state index in [0.717, 1.165) is 4.31 Å². The molecule has 3 rings (SSSR count). The Bertz CT molecular complexity index is 963. The molecule has 1 unspecified atom stereocenters. The summed E-state index contributed by atoms with van der Waals surface area (Å²) < 4.78 is 72.0. The van der Waals surface area contributed by atoms with E-state index in [0.29, 0.717) is 10.6 Å². The molecule has 0 aliphatic carbocycles. The van der Waals surface area contributed by atoms with Crippen LogP contribution in [0.25, 0.3) is 0 Å². The van der Waals surface area contributed by atoms with Crippen molar-refractivity contribution in [3.8, 4) is 5.75 Å². The van der Waals surface area contributed by atoms with Gasteiger partial charge in [-0.25, -0.2) is 8.42 Å². The first-order chi connectivity index (χ1) is 13.7. The van der Waals surface area contributed by atoms with Gasteiger partial charge in [0, 0.05) is 13.1 Å². The lowest BCUT2D eigenvalue weighted by Crippen LogP contribution is -2.55. The average molecular weight is 428 g/mol. The number of sulfonamides is 1. The minimum Gasteiger partial charge on any atom is -0.497 e. The minimum absolute atomic E-state index is 0.0183. The third-order valence-electron chi connectivity index (χ3n) is 4.61. The molecule has 6 nitrogen and oxygen atoms in total. The highest BCUT2D eigenvalue weighted by atomic mass is 32.2. The van der Waals surface area contributed by atoms with Gasteiger partial charge >= 0.3 is 12.1 Å². The van der Waals surface area contributed by atoms with Crippen molar-refractivity contribution in [1.29, 1.82) is 0 Å². The number of ether oxygens (including phenoxy) is 1. The lowest BCUT2D eigenvalue weighted by atomic mass is 10.1. The summed E-state index contributed by atoms with van der Waals surface area (Å²) in [6.07, 6.45) is -6.46. The molecule has 1 heterocycles. The molecule has 1 fully saturated rings. The topological polar surface area (TPSA) is 66.9 Å². The molecule has 1 aliphatic rings. The van der Waals surface area contributed by atoms with Crippen LogP contribution >= 0.6 is 0 Å². The van der Waals surface area contributed by atoms with Gasteiger partial charge in [-0.05, 0) is 36.2 Å². The summed E-state index contributed by atoms with van der Waals surface area (Å²) in [5.41, 5.74) is 0.239. The Hall–Kier alpha value is -2.59. The summed E-state index contributed by atoms with van der Waals surface area (Å²) in [5.74, 6) is -1.62. The third kappa shape index (κ3) is 4.23. The zero-order valence-corrected chi connectivity index (χ0v) is 16.3. The van der Waals surface area contributed by atoms with E-state index >= 15 is 0 Å². The molecule has 2 aromatic carbocycles. The molecule has 0 bridgehead atoms. The number of methoxy groups -OCH3 is 1. The Morgan fingerprint density at radius 2 is 1.66 bits per heavy atom. The number of carbonyl (C=O) groups excluding carboxylic acids is 1. The monoisotopic (exact) mass is 428 g/mol. The van der Waals surface area contributed by atoms with Crippen LogP contribution in [0, 0.1) is 0 Å². The highest BCUT2D eigenvalue weighted by molar-refractivity contribution is 7.89. The Morgan fingerprint density at radius 1 is 1.03 bits per heavy atom. The van der Waals surface area contributed by atoms with Gasteiger partial charge in [0.05, 0.1) is 12.0 Å². The quantitative estimate of drug-likeness (QED) is 0.750. The first-order valence-electron chi connectivity index (χ1n) is 8.75. The Kier molecular flexibility index (Phi) is 5.85. The summed E-state index contributed by atoms with van der Waals surface area (Å²) >= 11 is 0. The number of nitrogens with zero attached hydrogens (tertiary/aromatic N) is 2. The Labute approximate surface area is 166 Å². The van der Waals surface area contributed by atoms with E-state index in [4.69, 9.17) is 4.74 Å². The Balaban J connectivity index is 2.11. The number of hydrogen-bond acceptors (Lipinski definition) is 4. The highest BCUT2D eigenvalue weighted by Crippen LogP contribution is 2.37. The number of rotatable bonds is 4. The van der Waals surface area contributed by atoms with Gasteiger partial charge in [0.15, 0.2) is 0 Å². The van der Waals surface area contributed by atoms with Crippen molar-refractivity contribution < 1.29 is 31.1 Å². The minimum atomic E-state index is -5.12. The lowest BCUT2D eigenvalue weighted by molar-refractivity contribution is -0.192. The van der Waals surface area contributed by atoms with Crippen molar-refractivity contribution in [2.45, 2.75) is 23.7 Å². The van der Waals surface area contributed by atoms with Crippen LogP contribution in [0.5, 0.6) is 5.75 Å². The second-order valence-electron chi connectivity index (χ2n) is 6.43. The van der Waals surface area contributed by atoms with E-state index < -0.39 is 28.3 Å². The van der Waals surface area contributed by atoms with Gasteiger partial charge in [0.2, 0.25) is 10.0 Å². The van der Waals surface area contributed by atoms with Gasteiger partial charge in [0.25, 0.3) is 0 Å². The number of halogens is 3. The molecule has 1 saturated heterocycles. The zero-order chi connectivity index (χ0) is 21.2. The molecule has 10 heteroatoms. The van der Waals surface area contributed by atoms with E-state index in [-0.39, 0.29) is 30.0 Å². The fourth-order valence-corrected chi connectivity index (χ4v) is 4.91. The fourth-order valence-electron chi connectivity index (χ4n) is 3.27. The predicted molar refractivity (Wildman–Crippen MR) is 98.5 cm³/mol. The number of alkyl halides is 3. The van der Waals surface area contributed by atoms with Gasteiger partial charge in [-0.3, -0.25) is 4.79 Å². The normalized spacial score (nSPS) is 18.5. The van der Waals surface area contributed by atoms with Crippen LogP contribution < -0.4 is 4.74 Å². The molecule has 0 spiro atoms. The van der Waals surface area contributed by atoms with E-state index in [1.54, 1.807) is 6.07 Å². The van der Waals surface area contributed by atoms with Crippen molar-refractivity contribution in [3.05, 3.63) is 60.2 Å². The third-order valence-corrected chi connectivity index (χ3v) is 6.48. The molecule has 1 amide bonds. The van der Waals surface area contributed by atoms with Crippen LogP contribution in [0.15, 0.2) is 59.5 Å². The van der Waals surface area contributed by atoms with Crippen LogP contribution in [-0.4, -0.2) is 49.9 Å². The summed E-state index contributed by atoms with van der Waals surface area (Å²) in [7, 11) is -2.71. The highest BCUT2D eigenvalue weighted by Gasteiger charge is 2.49. The number of benzene rings is 2. The van der Waals surface area contributed by atoms with Gasteiger partial charge in [-0.15, -0.1) is 0 Å². The van der Waals surface area contributed by atoms with Crippen molar-refractivity contribution in [1.82, 2.24) is 9.21 Å². The first kappa shape index (κ1) is 21.1. The van der Waals surface area contributed by atoms with Crippen molar-refractivity contribution in [3.63, 3.8) is 0 Å². The van der Waals surface area contributed by atoms with E-state index in [2.05, 4.69) is 0 Å². The average Bonchev–Trinajstić information content (AvgIpc) is 2.72. The van der Waals surface area contributed by atoms with E-state index in [1.807, 2.05) is 0 Å². The number of carbonyl (C=O) groups is 1. The predicted octanol–water partition coefficient (Wildman–Crippen LogP) is 3.18. The van der Waals surface area contributed by atoms with Crippen LogP contribution in [0.4, 0.5) is 13.2 Å². The molecule has 1 aliphatic heterocycles. The van der Waals surface area contributed by atoms with E-state index in [9.17, 15) is 26.4 Å². The summed E-state index contributed by atoms with van der Waals surface area (Å²) in [6, 6.07) is 13.3. The summed E-state index contributed by atoms with van der Waals surface area (Å²) in [5, 5.41) is 0. The van der Waals surface area contributed by atoms with Gasteiger partial charge in [-0.2, -0.15) is 17.5 Å². The van der Waals surface area contributed by atoms with Gasteiger partial charge in [-0.1, -0.05) is 30.3 Å². The van der Waals surface area contributed by atoms with Crippen LogP contribution in [-0.2, 0) is 14.8 Å². The van der Waals surface area contributed by atoms with Crippen molar-refractivity contribution in [2.24, 2.45) is 0 Å². The summed E-state index contributed by atoms with van der Waals surface area (Å²) in [6.45, 7) is -0.231. The van der Waals surface area contributed by atoms with E-state index in [1.165, 1.54) is 55.6 Å². The Morgan fingerprint density at radius 3 is 2.21 bits per heavy atom. The molecule has 0 saturated carbocycles. The summed E-state index contributed by atoms with van der Waals surface area (Å²) in [4.78, 5) is 12.6. The molecule has 156 valence electrons. The number of amides is 1. The standard InChI is InChI=1S/C19H19F3N2O4S/c1-28-15-10-8-14(9-11-15)17-23(18(25)19(20,21)22)12-5-13-24(17)29(26,27)16-6-3-2-4-7-16/h2-4,6-11,17H,5,12-13H2,1H3. The smallest absolute Gasteiger partial charge is 0.471 e. The fraction of sp³-hybridized carbons (Fsp3) is 0.316. The maximum atomic E-state index is 13.2. The van der Waals surface area contributed by atoms with Crippen LogP contribution in [0.1, 0.15) is 18.2 Å². The molecular formula is C19H19F3N2O4S. The molecule has 1 atom stereocenters. The maximum Gasteiger partial charge on any atom is 0.471 e. The van der Waals surface area contributed by atoms with Gasteiger partial charge < -0.3 is 9.64 Å². The second kappa shape index (κ2) is 8.03. The first-order valence-corrected chi connectivity index (χ1v) is 10.2. The molecule has 0 N–H and O–H groups in total. The molecule has 29 heavy (non-hydrogen) atoms. The van der Waals surface area contributed by atoms with Crippen molar-refractivity contribution >= 4 is 15.9 Å². The largest absolute Gasteiger partial charge is 0.497 e. The zero-order valence-electron chi connectivity index (χ0n) is 15.5.